The Morgan fingerprint density at radius 2 is 2.08 bits per heavy atom. The first-order valence-electron chi connectivity index (χ1n) is 8.56. The highest BCUT2D eigenvalue weighted by Crippen LogP contribution is 2.22. The molecular weight excluding hydrogens is 358 g/mol. The third-order valence-electron chi connectivity index (χ3n) is 3.94. The van der Waals surface area contributed by atoms with Crippen LogP contribution in [0, 0.1) is 5.92 Å². The van der Waals surface area contributed by atoms with Crippen molar-refractivity contribution in [1.82, 2.24) is 16.0 Å². The third-order valence-corrected chi connectivity index (χ3v) is 5.01. The average Bonchev–Trinajstić information content (AvgIpc) is 3.06. The summed E-state index contributed by atoms with van der Waals surface area (Å²) in [5, 5.41) is 9.20. The molecule has 3 N–H and O–H groups in total. The number of carbonyl (C=O) groups excluding carboxylic acids is 2. The van der Waals surface area contributed by atoms with E-state index in [9.17, 15) is 9.59 Å². The Morgan fingerprint density at radius 1 is 1.32 bits per heavy atom. The molecular formula is C18H28ClN3O2S. The molecule has 2 rings (SSSR count). The fourth-order valence-electron chi connectivity index (χ4n) is 2.73. The Balaban J connectivity index is 0.00000312. The molecule has 1 saturated heterocycles. The van der Waals surface area contributed by atoms with Gasteiger partial charge in [0.2, 0.25) is 5.91 Å². The van der Waals surface area contributed by atoms with Crippen LogP contribution in [0.2, 0.25) is 0 Å². The first-order chi connectivity index (χ1) is 11.6. The van der Waals surface area contributed by atoms with Crippen molar-refractivity contribution in [2.45, 2.75) is 37.6 Å². The number of carbonyl (C=O) groups is 2. The van der Waals surface area contributed by atoms with Crippen LogP contribution in [-0.4, -0.2) is 43.2 Å². The van der Waals surface area contributed by atoms with Gasteiger partial charge < -0.3 is 16.0 Å². The van der Waals surface area contributed by atoms with Crippen molar-refractivity contribution in [3.63, 3.8) is 0 Å². The van der Waals surface area contributed by atoms with Gasteiger partial charge in [0.15, 0.2) is 0 Å². The Bertz CT molecular complexity index is 563. The molecule has 1 aromatic carbocycles. The summed E-state index contributed by atoms with van der Waals surface area (Å²) in [6.07, 6.45) is 2.19. The quantitative estimate of drug-likeness (QED) is 0.601. The molecule has 2 amide bonds. The maximum Gasteiger partial charge on any atom is 0.252 e. The molecule has 1 atom stereocenters. The highest BCUT2D eigenvalue weighted by Gasteiger charge is 2.16. The van der Waals surface area contributed by atoms with Crippen LogP contribution in [-0.2, 0) is 4.79 Å². The molecule has 0 saturated carbocycles. The number of halogens is 1. The van der Waals surface area contributed by atoms with Gasteiger partial charge in [-0.15, -0.1) is 24.2 Å². The van der Waals surface area contributed by atoms with Crippen molar-refractivity contribution in [2.75, 3.05) is 25.4 Å². The fraction of sp³-hybridized carbons (Fsp3) is 0.556. The molecule has 25 heavy (non-hydrogen) atoms. The highest BCUT2D eigenvalue weighted by atomic mass is 35.5. The van der Waals surface area contributed by atoms with Crippen molar-refractivity contribution >= 4 is 36.0 Å². The summed E-state index contributed by atoms with van der Waals surface area (Å²) in [4.78, 5) is 25.1. The molecule has 1 heterocycles. The summed E-state index contributed by atoms with van der Waals surface area (Å²) in [5.74, 6) is 0.901. The van der Waals surface area contributed by atoms with Crippen LogP contribution < -0.4 is 16.0 Å². The van der Waals surface area contributed by atoms with Crippen LogP contribution in [0.5, 0.6) is 0 Å². The molecule has 0 spiro atoms. The molecule has 140 valence electrons. The number of benzene rings is 1. The molecule has 1 aromatic rings. The number of amides is 2. The SMILES string of the molecule is CC(C)NC(=O)CSc1ccccc1C(=O)NCCC1CCNC1.Cl. The Hall–Kier alpha value is -1.24. The van der Waals surface area contributed by atoms with Crippen molar-refractivity contribution < 1.29 is 9.59 Å². The van der Waals surface area contributed by atoms with Crippen molar-refractivity contribution in [3.05, 3.63) is 29.8 Å². The highest BCUT2D eigenvalue weighted by molar-refractivity contribution is 8.00. The van der Waals surface area contributed by atoms with E-state index in [0.29, 0.717) is 23.8 Å². The minimum Gasteiger partial charge on any atom is -0.353 e. The van der Waals surface area contributed by atoms with Gasteiger partial charge in [0.25, 0.3) is 5.91 Å². The summed E-state index contributed by atoms with van der Waals surface area (Å²) in [6.45, 7) is 6.69. The number of rotatable bonds is 8. The maximum absolute atomic E-state index is 12.4. The third kappa shape index (κ3) is 7.67. The predicted octanol–water partition coefficient (Wildman–Crippen LogP) is 2.45. The number of nitrogens with one attached hydrogen (secondary N) is 3. The smallest absolute Gasteiger partial charge is 0.252 e. The molecule has 5 nitrogen and oxygen atoms in total. The first-order valence-corrected chi connectivity index (χ1v) is 9.55. The van der Waals surface area contributed by atoms with Crippen LogP contribution in [0.3, 0.4) is 0 Å². The Morgan fingerprint density at radius 3 is 2.76 bits per heavy atom. The first kappa shape index (κ1) is 21.8. The molecule has 1 fully saturated rings. The minimum atomic E-state index is -0.0617. The molecule has 0 aromatic heterocycles. The zero-order chi connectivity index (χ0) is 17.4. The zero-order valence-electron chi connectivity index (χ0n) is 14.8. The van der Waals surface area contributed by atoms with E-state index in [1.807, 2.05) is 38.1 Å². The van der Waals surface area contributed by atoms with Crippen LogP contribution in [0.15, 0.2) is 29.2 Å². The molecule has 0 aliphatic carbocycles. The molecule has 1 aliphatic rings. The van der Waals surface area contributed by atoms with E-state index in [-0.39, 0.29) is 30.3 Å². The topological polar surface area (TPSA) is 70.2 Å². The molecule has 0 radical (unpaired) electrons. The lowest BCUT2D eigenvalue weighted by Gasteiger charge is -2.12. The monoisotopic (exact) mass is 385 g/mol. The molecule has 7 heteroatoms. The molecule has 0 bridgehead atoms. The minimum absolute atomic E-state index is 0. The standard InChI is InChI=1S/C18H27N3O2S.ClH/c1-13(2)21-17(22)12-24-16-6-4-3-5-15(16)18(23)20-10-8-14-7-9-19-11-14;/h3-6,13-14,19H,7-12H2,1-2H3,(H,20,23)(H,21,22);1H. The summed E-state index contributed by atoms with van der Waals surface area (Å²) in [5.41, 5.74) is 0.643. The normalized spacial score (nSPS) is 16.4. The van der Waals surface area contributed by atoms with E-state index in [1.165, 1.54) is 18.2 Å². The lowest BCUT2D eigenvalue weighted by molar-refractivity contribution is -0.119. The number of hydrogen-bond acceptors (Lipinski definition) is 4. The number of thioether (sulfide) groups is 1. The lowest BCUT2D eigenvalue weighted by Crippen LogP contribution is -2.31. The summed E-state index contributed by atoms with van der Waals surface area (Å²) >= 11 is 1.40. The van der Waals surface area contributed by atoms with Crippen molar-refractivity contribution in [1.29, 1.82) is 0 Å². The lowest BCUT2D eigenvalue weighted by atomic mass is 10.1. The van der Waals surface area contributed by atoms with Gasteiger partial charge in [-0.2, -0.15) is 0 Å². The van der Waals surface area contributed by atoms with Gasteiger partial charge in [-0.3, -0.25) is 9.59 Å². The van der Waals surface area contributed by atoms with Crippen LogP contribution in [0.1, 0.15) is 37.0 Å². The van der Waals surface area contributed by atoms with Gasteiger partial charge in [0, 0.05) is 17.5 Å². The van der Waals surface area contributed by atoms with Crippen molar-refractivity contribution in [2.24, 2.45) is 5.92 Å². The fourth-order valence-corrected chi connectivity index (χ4v) is 3.59. The van der Waals surface area contributed by atoms with Gasteiger partial charge in [-0.05, 0) is 57.8 Å². The van der Waals surface area contributed by atoms with E-state index < -0.39 is 0 Å². The van der Waals surface area contributed by atoms with E-state index in [0.717, 1.165) is 24.4 Å². The second-order valence-electron chi connectivity index (χ2n) is 6.41. The van der Waals surface area contributed by atoms with Gasteiger partial charge in [0.1, 0.15) is 0 Å². The van der Waals surface area contributed by atoms with Crippen LogP contribution >= 0.6 is 24.2 Å². The average molecular weight is 386 g/mol. The van der Waals surface area contributed by atoms with E-state index >= 15 is 0 Å². The summed E-state index contributed by atoms with van der Waals surface area (Å²) in [6, 6.07) is 7.58. The largest absolute Gasteiger partial charge is 0.353 e. The van der Waals surface area contributed by atoms with Crippen LogP contribution in [0.25, 0.3) is 0 Å². The van der Waals surface area contributed by atoms with Gasteiger partial charge in [0.05, 0.1) is 11.3 Å². The Kier molecular flexibility index (Phi) is 9.93. The van der Waals surface area contributed by atoms with Crippen LogP contribution in [0.4, 0.5) is 0 Å². The van der Waals surface area contributed by atoms with E-state index in [1.54, 1.807) is 0 Å². The maximum atomic E-state index is 12.4. The van der Waals surface area contributed by atoms with Gasteiger partial charge in [-0.1, -0.05) is 12.1 Å². The molecule has 1 unspecified atom stereocenters. The van der Waals surface area contributed by atoms with Gasteiger partial charge in [-0.25, -0.2) is 0 Å². The molecule has 1 aliphatic heterocycles. The second-order valence-corrected chi connectivity index (χ2v) is 7.43. The zero-order valence-corrected chi connectivity index (χ0v) is 16.5. The predicted molar refractivity (Wildman–Crippen MR) is 106 cm³/mol. The van der Waals surface area contributed by atoms with E-state index in [2.05, 4.69) is 16.0 Å². The van der Waals surface area contributed by atoms with Gasteiger partial charge >= 0.3 is 0 Å². The number of hydrogen-bond donors (Lipinski definition) is 3. The van der Waals surface area contributed by atoms with Crippen molar-refractivity contribution in [3.8, 4) is 0 Å². The summed E-state index contributed by atoms with van der Waals surface area (Å²) < 4.78 is 0. The van der Waals surface area contributed by atoms with E-state index in [4.69, 9.17) is 0 Å². The Labute approximate surface area is 160 Å². The second kappa shape index (κ2) is 11.4. The summed E-state index contributed by atoms with van der Waals surface area (Å²) in [7, 11) is 0.